The molecule has 0 saturated heterocycles. The third-order valence-corrected chi connectivity index (χ3v) is 3.30. The molecule has 0 atom stereocenters. The molecule has 0 radical (unpaired) electrons. The van der Waals surface area contributed by atoms with Crippen molar-refractivity contribution in [2.45, 2.75) is 19.3 Å². The molecule has 1 aromatic carbocycles. The van der Waals surface area contributed by atoms with E-state index in [1.165, 1.54) is 0 Å². The lowest BCUT2D eigenvalue weighted by atomic mass is 10.1. The average Bonchev–Trinajstić information content (AvgIpc) is 2.23. The van der Waals surface area contributed by atoms with Gasteiger partial charge in [0.05, 0.1) is 18.6 Å². The Labute approximate surface area is 102 Å². The summed E-state index contributed by atoms with van der Waals surface area (Å²) in [5.41, 5.74) is 7.43. The Morgan fingerprint density at radius 2 is 2.00 bits per heavy atom. The number of benzene rings is 1. The van der Waals surface area contributed by atoms with Crippen molar-refractivity contribution in [3.8, 4) is 5.75 Å². The molecular formula is C11H18N2O3S. The smallest absolute Gasteiger partial charge is 0.209 e. The van der Waals surface area contributed by atoms with Gasteiger partial charge in [0.15, 0.2) is 0 Å². The lowest BCUT2D eigenvalue weighted by molar-refractivity contribution is 0.417. The fourth-order valence-electron chi connectivity index (χ4n) is 1.57. The highest BCUT2D eigenvalue weighted by molar-refractivity contribution is 7.89. The number of hydrogen-bond donors (Lipinski definition) is 2. The number of hydrogen-bond acceptors (Lipinski definition) is 4. The Kier molecular flexibility index (Phi) is 4.77. The molecule has 5 nitrogen and oxygen atoms in total. The highest BCUT2D eigenvalue weighted by atomic mass is 32.2. The second-order valence-corrected chi connectivity index (χ2v) is 5.63. The molecule has 6 heteroatoms. The average molecular weight is 258 g/mol. The molecule has 0 bridgehead atoms. The molecule has 17 heavy (non-hydrogen) atoms. The Hall–Kier alpha value is -1.27. The summed E-state index contributed by atoms with van der Waals surface area (Å²) in [4.78, 5) is 0. The number of nitrogens with two attached hydrogens (primary N) is 2. The number of anilines is 1. The van der Waals surface area contributed by atoms with Crippen molar-refractivity contribution >= 4 is 15.7 Å². The summed E-state index contributed by atoms with van der Waals surface area (Å²) in [6.07, 6.45) is 2.11. The van der Waals surface area contributed by atoms with Crippen LogP contribution in [0, 0.1) is 0 Å². The predicted octanol–water partition coefficient (Wildman–Crippen LogP) is 0.889. The summed E-state index contributed by atoms with van der Waals surface area (Å²) in [7, 11) is -1.78. The zero-order chi connectivity index (χ0) is 12.9. The van der Waals surface area contributed by atoms with E-state index < -0.39 is 10.0 Å². The molecular weight excluding hydrogens is 240 g/mol. The van der Waals surface area contributed by atoms with E-state index in [1.54, 1.807) is 7.11 Å². The van der Waals surface area contributed by atoms with Crippen molar-refractivity contribution in [2.24, 2.45) is 5.14 Å². The molecule has 0 aliphatic heterocycles. The van der Waals surface area contributed by atoms with Gasteiger partial charge >= 0.3 is 0 Å². The molecule has 0 aliphatic rings. The van der Waals surface area contributed by atoms with Gasteiger partial charge in [-0.3, -0.25) is 0 Å². The summed E-state index contributed by atoms with van der Waals surface area (Å²) in [6.45, 7) is 0. The van der Waals surface area contributed by atoms with Gasteiger partial charge in [-0.1, -0.05) is 6.07 Å². The summed E-state index contributed by atoms with van der Waals surface area (Å²) in [5, 5.41) is 4.91. The van der Waals surface area contributed by atoms with Crippen molar-refractivity contribution < 1.29 is 13.2 Å². The van der Waals surface area contributed by atoms with Crippen LogP contribution in [0.3, 0.4) is 0 Å². The SMILES string of the molecule is COc1ccc(CCCCS(N)(=O)=O)cc1N. The van der Waals surface area contributed by atoms with Gasteiger partial charge in [0, 0.05) is 0 Å². The number of nitrogen functional groups attached to an aromatic ring is 1. The molecule has 0 unspecified atom stereocenters. The second kappa shape index (κ2) is 5.88. The predicted molar refractivity (Wildman–Crippen MR) is 68.3 cm³/mol. The Morgan fingerprint density at radius 1 is 1.29 bits per heavy atom. The third-order valence-electron chi connectivity index (χ3n) is 2.44. The van der Waals surface area contributed by atoms with Gasteiger partial charge in [-0.2, -0.15) is 0 Å². The molecule has 0 heterocycles. The topological polar surface area (TPSA) is 95.4 Å². The minimum atomic E-state index is -3.34. The first kappa shape index (κ1) is 13.8. The molecule has 0 aliphatic carbocycles. The van der Waals surface area contributed by atoms with Crippen LogP contribution in [0.2, 0.25) is 0 Å². The van der Waals surface area contributed by atoms with Crippen LogP contribution in [0.15, 0.2) is 18.2 Å². The van der Waals surface area contributed by atoms with Gasteiger partial charge in [0.2, 0.25) is 10.0 Å². The van der Waals surface area contributed by atoms with Crippen LogP contribution in [0.1, 0.15) is 18.4 Å². The number of methoxy groups -OCH3 is 1. The van der Waals surface area contributed by atoms with Crippen molar-refractivity contribution in [1.82, 2.24) is 0 Å². The first-order valence-electron chi connectivity index (χ1n) is 5.35. The normalized spacial score (nSPS) is 11.4. The maximum absolute atomic E-state index is 10.7. The van der Waals surface area contributed by atoms with Crippen molar-refractivity contribution in [3.05, 3.63) is 23.8 Å². The highest BCUT2D eigenvalue weighted by Gasteiger charge is 2.03. The quantitative estimate of drug-likeness (QED) is 0.585. The van der Waals surface area contributed by atoms with Crippen LogP contribution < -0.4 is 15.6 Å². The zero-order valence-electron chi connectivity index (χ0n) is 9.85. The number of rotatable bonds is 6. The molecule has 0 aromatic heterocycles. The maximum atomic E-state index is 10.7. The summed E-state index contributed by atoms with van der Waals surface area (Å²) in [6, 6.07) is 5.58. The van der Waals surface area contributed by atoms with Crippen LogP contribution in [0.25, 0.3) is 0 Å². The minimum absolute atomic E-state index is 0.0264. The Balaban J connectivity index is 2.45. The first-order valence-corrected chi connectivity index (χ1v) is 7.07. The zero-order valence-corrected chi connectivity index (χ0v) is 10.7. The third kappa shape index (κ3) is 5.06. The molecule has 96 valence electrons. The minimum Gasteiger partial charge on any atom is -0.495 e. The van der Waals surface area contributed by atoms with Gasteiger partial charge < -0.3 is 10.5 Å². The van der Waals surface area contributed by atoms with Gasteiger partial charge in [-0.15, -0.1) is 0 Å². The van der Waals surface area contributed by atoms with Gasteiger partial charge in [-0.05, 0) is 37.0 Å². The van der Waals surface area contributed by atoms with Crippen molar-refractivity contribution in [2.75, 3.05) is 18.6 Å². The van der Waals surface area contributed by atoms with E-state index in [2.05, 4.69) is 0 Å². The van der Waals surface area contributed by atoms with Gasteiger partial charge in [-0.25, -0.2) is 13.6 Å². The Morgan fingerprint density at radius 3 is 2.53 bits per heavy atom. The van der Waals surface area contributed by atoms with E-state index >= 15 is 0 Å². The monoisotopic (exact) mass is 258 g/mol. The van der Waals surface area contributed by atoms with Crippen LogP contribution >= 0.6 is 0 Å². The van der Waals surface area contributed by atoms with E-state index in [4.69, 9.17) is 15.6 Å². The highest BCUT2D eigenvalue weighted by Crippen LogP contribution is 2.22. The second-order valence-electron chi connectivity index (χ2n) is 3.90. The van der Waals surface area contributed by atoms with Crippen molar-refractivity contribution in [1.29, 1.82) is 0 Å². The van der Waals surface area contributed by atoms with Gasteiger partial charge in [0.1, 0.15) is 5.75 Å². The number of sulfonamides is 1. The van der Waals surface area contributed by atoms with E-state index in [0.717, 1.165) is 18.4 Å². The number of primary sulfonamides is 1. The Bertz CT molecular complexity index is 472. The standard InChI is InChI=1S/C11H18N2O3S/c1-16-11-6-5-9(8-10(11)12)4-2-3-7-17(13,14)15/h5-6,8H,2-4,7,12H2,1H3,(H2,13,14,15). The first-order chi connectivity index (χ1) is 7.92. The molecule has 0 saturated carbocycles. The lowest BCUT2D eigenvalue weighted by Crippen LogP contribution is -2.16. The van der Waals surface area contributed by atoms with E-state index in [0.29, 0.717) is 17.9 Å². The van der Waals surface area contributed by atoms with Gasteiger partial charge in [0.25, 0.3) is 0 Å². The molecule has 0 amide bonds. The number of ether oxygens (including phenoxy) is 1. The summed E-state index contributed by atoms with van der Waals surface area (Å²) < 4.78 is 26.5. The van der Waals surface area contributed by atoms with Crippen LogP contribution in [-0.4, -0.2) is 21.3 Å². The number of unbranched alkanes of at least 4 members (excludes halogenated alkanes) is 1. The molecule has 1 aromatic rings. The maximum Gasteiger partial charge on any atom is 0.209 e. The molecule has 0 fully saturated rings. The molecule has 0 spiro atoms. The fourth-order valence-corrected chi connectivity index (χ4v) is 2.18. The van der Waals surface area contributed by atoms with Crippen molar-refractivity contribution in [3.63, 3.8) is 0 Å². The number of aryl methyl sites for hydroxylation is 1. The lowest BCUT2D eigenvalue weighted by Gasteiger charge is -2.07. The van der Waals surface area contributed by atoms with E-state index in [1.807, 2.05) is 18.2 Å². The fraction of sp³-hybridized carbons (Fsp3) is 0.455. The molecule has 1 rings (SSSR count). The van der Waals surface area contributed by atoms with E-state index in [9.17, 15) is 8.42 Å². The van der Waals surface area contributed by atoms with E-state index in [-0.39, 0.29) is 5.75 Å². The van der Waals surface area contributed by atoms with Crippen LogP contribution in [-0.2, 0) is 16.4 Å². The van der Waals surface area contributed by atoms with Crippen LogP contribution in [0.5, 0.6) is 5.75 Å². The summed E-state index contributed by atoms with van der Waals surface area (Å²) in [5.74, 6) is 0.678. The molecule has 4 N–H and O–H groups in total. The summed E-state index contributed by atoms with van der Waals surface area (Å²) >= 11 is 0. The largest absolute Gasteiger partial charge is 0.495 e. The van der Waals surface area contributed by atoms with Crippen LogP contribution in [0.4, 0.5) is 5.69 Å².